The number of hydrogen-bond acceptors (Lipinski definition) is 4. The zero-order chi connectivity index (χ0) is 4.50. The van der Waals surface area contributed by atoms with Gasteiger partial charge >= 0.3 is 26.2 Å². The molecule has 0 unspecified atom stereocenters. The van der Waals surface area contributed by atoms with E-state index in [0.717, 1.165) is 0 Å². The van der Waals surface area contributed by atoms with Crippen LogP contribution in [0.4, 0.5) is 0 Å². The van der Waals surface area contributed by atoms with Crippen LogP contribution in [0.15, 0.2) is 0 Å². The quantitative estimate of drug-likeness (QED) is 0.307. The van der Waals surface area contributed by atoms with Crippen molar-refractivity contribution in [2.75, 3.05) is 0 Å². The average Bonchev–Trinajstić information content (AvgIpc) is 0.722. The van der Waals surface area contributed by atoms with Gasteiger partial charge in [0.25, 0.3) is 0 Å². The summed E-state index contributed by atoms with van der Waals surface area (Å²) in [5, 5.41) is 0. The molecule has 0 spiro atoms. The molecule has 7 heteroatoms. The first-order valence-electron chi connectivity index (χ1n) is 0.730. The van der Waals surface area contributed by atoms with Gasteiger partial charge in [0.1, 0.15) is 0 Å². The SMILES string of the molecule is O=P([O-])([O-])[O-].[Bi+3].[Cd]. The van der Waals surface area contributed by atoms with Gasteiger partial charge in [0, 0.05) is 27.3 Å². The van der Waals surface area contributed by atoms with Gasteiger partial charge in [-0.25, -0.2) is 0 Å². The Balaban J connectivity index is -0.0000000800. The van der Waals surface area contributed by atoms with Crippen LogP contribution in [0.3, 0.4) is 0 Å². The van der Waals surface area contributed by atoms with Crippen LogP contribution < -0.4 is 14.7 Å². The molecule has 2 radical (unpaired) electrons. The maximum atomic E-state index is 8.55. The van der Waals surface area contributed by atoms with Crippen LogP contribution in [0.25, 0.3) is 0 Å². The second kappa shape index (κ2) is 6.04. The average molecular weight is 416 g/mol. The summed E-state index contributed by atoms with van der Waals surface area (Å²) >= 11 is 0. The standard InChI is InChI=1S/Bi.Cd.H3O4P/c;;1-5(2,3)4/h;;(H3,1,2,3,4)/q+3;;/p-3. The van der Waals surface area contributed by atoms with Gasteiger partial charge < -0.3 is 19.2 Å². The summed E-state index contributed by atoms with van der Waals surface area (Å²) in [5.41, 5.74) is 0. The Labute approximate surface area is 79.8 Å². The van der Waals surface area contributed by atoms with Crippen LogP contribution in [-0.2, 0) is 31.9 Å². The van der Waals surface area contributed by atoms with Crippen LogP contribution in [0.5, 0.6) is 0 Å². The van der Waals surface area contributed by atoms with E-state index in [2.05, 4.69) is 0 Å². The molecule has 36 valence electrons. The molecule has 0 aromatic rings. The Hall–Kier alpha value is 1.92. The third-order valence-corrected chi connectivity index (χ3v) is 0. The molecule has 0 aliphatic heterocycles. The van der Waals surface area contributed by atoms with Crippen LogP contribution in [0, 0.1) is 0 Å². The maximum absolute atomic E-state index is 8.55. The normalized spacial score (nSPS) is 8.43. The zero-order valence-electron chi connectivity index (χ0n) is 3.23. The first-order chi connectivity index (χ1) is 2.00. The van der Waals surface area contributed by atoms with Crippen molar-refractivity contribution in [3.05, 3.63) is 0 Å². The monoisotopic (exact) mass is 418 g/mol. The van der Waals surface area contributed by atoms with E-state index in [4.69, 9.17) is 19.2 Å². The minimum Gasteiger partial charge on any atom is -0.822 e. The predicted molar refractivity (Wildman–Crippen MR) is 13.4 cm³/mol. The van der Waals surface area contributed by atoms with Crippen LogP contribution in [-0.4, -0.2) is 26.2 Å². The van der Waals surface area contributed by atoms with Crippen molar-refractivity contribution in [2.24, 2.45) is 0 Å². The molecule has 0 N–H and O–H groups in total. The fraction of sp³-hybridized carbons (Fsp3) is 0. The Morgan fingerprint density at radius 2 is 1.14 bits per heavy atom. The van der Waals surface area contributed by atoms with Crippen molar-refractivity contribution in [3.63, 3.8) is 0 Å². The Morgan fingerprint density at radius 1 is 1.14 bits per heavy atom. The van der Waals surface area contributed by atoms with Crippen molar-refractivity contribution < 1.29 is 46.5 Å². The van der Waals surface area contributed by atoms with Crippen LogP contribution >= 0.6 is 7.82 Å². The summed E-state index contributed by atoms with van der Waals surface area (Å²) in [5.74, 6) is 0. The molecule has 0 heterocycles. The second-order valence-electron chi connectivity index (χ2n) is 0.447. The Bertz CT molecular complexity index is 57.8. The molecular formula is BiCdO4P. The first kappa shape index (κ1) is 16.0. The van der Waals surface area contributed by atoms with E-state index in [0.29, 0.717) is 0 Å². The third-order valence-electron chi connectivity index (χ3n) is 0. The minimum atomic E-state index is -5.39. The third kappa shape index (κ3) is 75.5. The number of rotatable bonds is 0. The molecule has 0 aromatic carbocycles. The summed E-state index contributed by atoms with van der Waals surface area (Å²) in [6.45, 7) is 0. The zero-order valence-corrected chi connectivity index (χ0v) is 11.6. The molecule has 0 fully saturated rings. The summed E-state index contributed by atoms with van der Waals surface area (Å²) in [4.78, 5) is 25.6. The molecule has 0 amide bonds. The molecule has 7 heavy (non-hydrogen) atoms. The van der Waals surface area contributed by atoms with Crippen molar-refractivity contribution in [1.82, 2.24) is 0 Å². The van der Waals surface area contributed by atoms with Crippen molar-refractivity contribution >= 4 is 34.0 Å². The van der Waals surface area contributed by atoms with E-state index in [1.54, 1.807) is 0 Å². The summed E-state index contributed by atoms with van der Waals surface area (Å²) in [7, 11) is -5.39. The van der Waals surface area contributed by atoms with Crippen LogP contribution in [0.2, 0.25) is 0 Å². The first-order valence-corrected chi connectivity index (χ1v) is 2.19. The van der Waals surface area contributed by atoms with Gasteiger partial charge in [-0.05, 0) is 0 Å². The number of hydrogen-bond donors (Lipinski definition) is 0. The second-order valence-corrected chi connectivity index (χ2v) is 1.34. The molecule has 0 aliphatic rings. The van der Waals surface area contributed by atoms with E-state index < -0.39 is 7.82 Å². The largest absolute Gasteiger partial charge is 3.00 e. The summed E-state index contributed by atoms with van der Waals surface area (Å²) in [6.07, 6.45) is 0. The van der Waals surface area contributed by atoms with Gasteiger partial charge in [-0.2, -0.15) is 7.82 Å². The molecule has 0 saturated carbocycles. The summed E-state index contributed by atoms with van der Waals surface area (Å²) < 4.78 is 8.55. The fourth-order valence-electron chi connectivity index (χ4n) is 0. The Morgan fingerprint density at radius 3 is 1.14 bits per heavy atom. The predicted octanol–water partition coefficient (Wildman–Crippen LogP) is -3.21. The molecular weight excluding hydrogens is 416 g/mol. The van der Waals surface area contributed by atoms with Gasteiger partial charge in [-0.1, -0.05) is 0 Å². The van der Waals surface area contributed by atoms with Gasteiger partial charge in [0.2, 0.25) is 0 Å². The van der Waals surface area contributed by atoms with Crippen molar-refractivity contribution in [2.45, 2.75) is 0 Å². The van der Waals surface area contributed by atoms with Gasteiger partial charge in [-0.15, -0.1) is 0 Å². The van der Waals surface area contributed by atoms with E-state index in [9.17, 15) is 0 Å². The minimum absolute atomic E-state index is 0. The van der Waals surface area contributed by atoms with E-state index in [1.807, 2.05) is 0 Å². The van der Waals surface area contributed by atoms with E-state index >= 15 is 0 Å². The topological polar surface area (TPSA) is 86.2 Å². The van der Waals surface area contributed by atoms with Crippen molar-refractivity contribution in [1.29, 1.82) is 0 Å². The van der Waals surface area contributed by atoms with Gasteiger partial charge in [0.05, 0.1) is 0 Å². The van der Waals surface area contributed by atoms with Gasteiger partial charge in [-0.3, -0.25) is 0 Å². The van der Waals surface area contributed by atoms with E-state index in [-0.39, 0.29) is 53.5 Å². The molecule has 0 bridgehead atoms. The van der Waals surface area contributed by atoms with Crippen molar-refractivity contribution in [3.8, 4) is 0 Å². The molecule has 0 aliphatic carbocycles. The molecule has 0 atom stereocenters. The number of phosphoric acid groups is 1. The molecule has 0 aromatic heterocycles. The van der Waals surface area contributed by atoms with Crippen LogP contribution in [0.1, 0.15) is 0 Å². The maximum Gasteiger partial charge on any atom is 3.00 e. The molecule has 0 rings (SSSR count). The molecule has 0 saturated heterocycles. The van der Waals surface area contributed by atoms with Gasteiger partial charge in [0.15, 0.2) is 0 Å². The summed E-state index contributed by atoms with van der Waals surface area (Å²) in [6, 6.07) is 0. The smallest absolute Gasteiger partial charge is 0.822 e. The van der Waals surface area contributed by atoms with E-state index in [1.165, 1.54) is 0 Å². The fourth-order valence-corrected chi connectivity index (χ4v) is 0. The molecule has 4 nitrogen and oxygen atoms in total. The Kier molecular flexibility index (Phi) is 13.8.